The summed E-state index contributed by atoms with van der Waals surface area (Å²) in [5, 5.41) is 2.51. The highest BCUT2D eigenvalue weighted by atomic mass is 32.1. The largest absolute Gasteiger partial charge is 0.345 e. The Balaban J connectivity index is 3.10. The van der Waals surface area contributed by atoms with E-state index >= 15 is 0 Å². The second-order valence-corrected chi connectivity index (χ2v) is 1.92. The van der Waals surface area contributed by atoms with E-state index in [2.05, 4.69) is 17.9 Å². The molecule has 50 valence electrons. The van der Waals surface area contributed by atoms with Gasteiger partial charge in [-0.05, 0) is 18.1 Å². The minimum Gasteiger partial charge on any atom is -0.345 e. The van der Waals surface area contributed by atoms with Crippen molar-refractivity contribution in [2.45, 2.75) is 6.42 Å². The van der Waals surface area contributed by atoms with Crippen LogP contribution in [0, 0.1) is 12.3 Å². The second-order valence-electron chi connectivity index (χ2n) is 1.48. The minimum absolute atomic E-state index is 0.350. The standard InChI is InChI=1S/C6H9NOS/c1-2-6(8)7-4-3-5-9/h1,9H,3-5H2,(H,7,8). The SMILES string of the molecule is C#CC(=O)NCCCS. The van der Waals surface area contributed by atoms with E-state index in [1.807, 2.05) is 5.92 Å². The number of amides is 1. The number of carbonyl (C=O) groups excluding carboxylic acids is 1. The van der Waals surface area contributed by atoms with Crippen LogP contribution in [-0.4, -0.2) is 18.2 Å². The van der Waals surface area contributed by atoms with Gasteiger partial charge < -0.3 is 5.32 Å². The van der Waals surface area contributed by atoms with Crippen molar-refractivity contribution < 1.29 is 4.79 Å². The molecule has 0 aromatic heterocycles. The summed E-state index contributed by atoms with van der Waals surface area (Å²) >= 11 is 3.95. The molecular weight excluding hydrogens is 134 g/mol. The minimum atomic E-state index is -0.350. The second kappa shape index (κ2) is 5.52. The first kappa shape index (κ1) is 8.38. The Labute approximate surface area is 60.4 Å². The first-order chi connectivity index (χ1) is 4.31. The first-order valence-electron chi connectivity index (χ1n) is 2.66. The Morgan fingerprint density at radius 1 is 1.78 bits per heavy atom. The molecule has 0 aromatic carbocycles. The van der Waals surface area contributed by atoms with Gasteiger partial charge in [-0.1, -0.05) is 0 Å². The van der Waals surface area contributed by atoms with E-state index < -0.39 is 0 Å². The van der Waals surface area contributed by atoms with Gasteiger partial charge in [-0.2, -0.15) is 12.6 Å². The number of terminal acetylenes is 1. The maximum atomic E-state index is 10.3. The van der Waals surface area contributed by atoms with Crippen LogP contribution in [0.25, 0.3) is 0 Å². The zero-order chi connectivity index (χ0) is 7.11. The number of nitrogens with one attached hydrogen (secondary N) is 1. The maximum Gasteiger partial charge on any atom is 0.295 e. The molecule has 0 bridgehead atoms. The smallest absolute Gasteiger partial charge is 0.295 e. The van der Waals surface area contributed by atoms with Gasteiger partial charge in [0.25, 0.3) is 5.91 Å². The number of rotatable bonds is 3. The van der Waals surface area contributed by atoms with E-state index in [9.17, 15) is 4.79 Å². The van der Waals surface area contributed by atoms with Crippen LogP contribution in [0.2, 0.25) is 0 Å². The predicted molar refractivity (Wildman–Crippen MR) is 40.3 cm³/mol. The fraction of sp³-hybridized carbons (Fsp3) is 0.500. The molecule has 0 heterocycles. The molecule has 0 radical (unpaired) electrons. The van der Waals surface area contributed by atoms with Gasteiger partial charge in [0.15, 0.2) is 0 Å². The fourth-order valence-electron chi connectivity index (χ4n) is 0.332. The van der Waals surface area contributed by atoms with Crippen molar-refractivity contribution in [3.63, 3.8) is 0 Å². The molecule has 0 aliphatic rings. The summed E-state index contributed by atoms with van der Waals surface area (Å²) in [6, 6.07) is 0. The lowest BCUT2D eigenvalue weighted by atomic mass is 10.4. The van der Waals surface area contributed by atoms with Crippen molar-refractivity contribution in [1.82, 2.24) is 5.32 Å². The van der Waals surface area contributed by atoms with Crippen LogP contribution in [0.4, 0.5) is 0 Å². The van der Waals surface area contributed by atoms with Crippen LogP contribution in [0.3, 0.4) is 0 Å². The molecule has 0 saturated carbocycles. The molecule has 1 N–H and O–H groups in total. The molecular formula is C6H9NOS. The molecule has 0 atom stereocenters. The molecule has 0 aliphatic heterocycles. The topological polar surface area (TPSA) is 29.1 Å². The quantitative estimate of drug-likeness (QED) is 0.326. The van der Waals surface area contributed by atoms with Crippen LogP contribution < -0.4 is 5.32 Å². The lowest BCUT2D eigenvalue weighted by Gasteiger charge is -1.95. The van der Waals surface area contributed by atoms with E-state index in [0.717, 1.165) is 12.2 Å². The van der Waals surface area contributed by atoms with Crippen LogP contribution in [0.15, 0.2) is 0 Å². The van der Waals surface area contributed by atoms with Crippen LogP contribution in [0.1, 0.15) is 6.42 Å². The lowest BCUT2D eigenvalue weighted by Crippen LogP contribution is -2.22. The molecule has 0 saturated heterocycles. The third-order valence-corrected chi connectivity index (χ3v) is 1.07. The van der Waals surface area contributed by atoms with Crippen molar-refractivity contribution in [3.8, 4) is 12.3 Å². The number of hydrogen-bond acceptors (Lipinski definition) is 2. The Morgan fingerprint density at radius 2 is 2.44 bits per heavy atom. The van der Waals surface area contributed by atoms with Gasteiger partial charge in [0.2, 0.25) is 0 Å². The molecule has 0 aromatic rings. The van der Waals surface area contributed by atoms with Gasteiger partial charge in [0, 0.05) is 6.54 Å². The van der Waals surface area contributed by atoms with E-state index in [1.54, 1.807) is 0 Å². The molecule has 0 aliphatic carbocycles. The molecule has 2 nitrogen and oxygen atoms in total. The third kappa shape index (κ3) is 5.25. The summed E-state index contributed by atoms with van der Waals surface area (Å²) in [5.74, 6) is 2.37. The van der Waals surface area contributed by atoms with Gasteiger partial charge >= 0.3 is 0 Å². The summed E-state index contributed by atoms with van der Waals surface area (Å²) < 4.78 is 0. The average molecular weight is 143 g/mol. The summed E-state index contributed by atoms with van der Waals surface area (Å²) in [6.45, 7) is 0.618. The number of hydrogen-bond donors (Lipinski definition) is 2. The van der Waals surface area contributed by atoms with E-state index in [0.29, 0.717) is 6.54 Å². The number of thiol groups is 1. The molecule has 9 heavy (non-hydrogen) atoms. The Hall–Kier alpha value is -0.620. The Bertz CT molecular complexity index is 128. The van der Waals surface area contributed by atoms with Crippen LogP contribution in [0.5, 0.6) is 0 Å². The number of carbonyl (C=O) groups is 1. The normalized spacial score (nSPS) is 8.00. The van der Waals surface area contributed by atoms with E-state index in [1.165, 1.54) is 0 Å². The van der Waals surface area contributed by atoms with Crippen molar-refractivity contribution in [1.29, 1.82) is 0 Å². The van der Waals surface area contributed by atoms with Crippen molar-refractivity contribution in [2.24, 2.45) is 0 Å². The molecule has 0 spiro atoms. The molecule has 3 heteroatoms. The highest BCUT2D eigenvalue weighted by Gasteiger charge is 1.89. The summed E-state index contributed by atoms with van der Waals surface area (Å²) in [7, 11) is 0. The lowest BCUT2D eigenvalue weighted by molar-refractivity contribution is -0.115. The predicted octanol–water partition coefficient (Wildman–Crippen LogP) is 0.0557. The Kier molecular flexibility index (Phi) is 5.14. The van der Waals surface area contributed by atoms with E-state index in [4.69, 9.17) is 6.42 Å². The summed E-state index contributed by atoms with van der Waals surface area (Å²) in [4.78, 5) is 10.3. The van der Waals surface area contributed by atoms with Gasteiger partial charge in [0.05, 0.1) is 0 Å². The van der Waals surface area contributed by atoms with Gasteiger partial charge in [-0.3, -0.25) is 4.79 Å². The highest BCUT2D eigenvalue weighted by Crippen LogP contribution is 1.78. The highest BCUT2D eigenvalue weighted by molar-refractivity contribution is 7.80. The first-order valence-corrected chi connectivity index (χ1v) is 3.30. The van der Waals surface area contributed by atoms with Crippen molar-refractivity contribution >= 4 is 18.5 Å². The fourth-order valence-corrected chi connectivity index (χ4v) is 0.490. The van der Waals surface area contributed by atoms with Crippen molar-refractivity contribution in [2.75, 3.05) is 12.3 Å². The monoisotopic (exact) mass is 143 g/mol. The van der Waals surface area contributed by atoms with E-state index in [-0.39, 0.29) is 5.91 Å². The molecule has 0 unspecified atom stereocenters. The molecule has 1 amide bonds. The molecule has 0 rings (SSSR count). The summed E-state index contributed by atoms with van der Waals surface area (Å²) in [5.41, 5.74) is 0. The zero-order valence-corrected chi connectivity index (χ0v) is 5.95. The maximum absolute atomic E-state index is 10.3. The van der Waals surface area contributed by atoms with Crippen molar-refractivity contribution in [3.05, 3.63) is 0 Å². The third-order valence-electron chi connectivity index (χ3n) is 0.752. The van der Waals surface area contributed by atoms with Gasteiger partial charge in [-0.15, -0.1) is 6.42 Å². The van der Waals surface area contributed by atoms with Crippen LogP contribution >= 0.6 is 12.6 Å². The van der Waals surface area contributed by atoms with Gasteiger partial charge in [-0.25, -0.2) is 0 Å². The van der Waals surface area contributed by atoms with Crippen LogP contribution in [-0.2, 0) is 4.79 Å². The zero-order valence-electron chi connectivity index (χ0n) is 5.05. The van der Waals surface area contributed by atoms with Gasteiger partial charge in [0.1, 0.15) is 0 Å². The average Bonchev–Trinajstić information content (AvgIpc) is 1.89. The molecule has 0 fully saturated rings. The Morgan fingerprint density at radius 3 is 2.89 bits per heavy atom. The summed E-state index contributed by atoms with van der Waals surface area (Å²) in [6.07, 6.45) is 5.63.